The Bertz CT molecular complexity index is 867. The second-order valence-corrected chi connectivity index (χ2v) is 10.2. The molecule has 0 spiro atoms. The molecule has 1 aromatic rings. The van der Waals surface area contributed by atoms with Crippen molar-refractivity contribution in [2.45, 2.75) is 63.1 Å². The topological polar surface area (TPSA) is 97.8 Å². The van der Waals surface area contributed by atoms with Crippen LogP contribution in [0.15, 0.2) is 12.3 Å². The van der Waals surface area contributed by atoms with Gasteiger partial charge < -0.3 is 14.4 Å². The number of carbonyl (C=O) groups is 1. The van der Waals surface area contributed by atoms with Gasteiger partial charge in [-0.1, -0.05) is 0 Å². The van der Waals surface area contributed by atoms with Crippen molar-refractivity contribution in [1.82, 2.24) is 14.6 Å². The molecule has 2 bridgehead atoms. The Morgan fingerprint density at radius 2 is 1.97 bits per heavy atom. The third kappa shape index (κ3) is 4.57. The van der Waals surface area contributed by atoms with Gasteiger partial charge in [0.1, 0.15) is 0 Å². The summed E-state index contributed by atoms with van der Waals surface area (Å²) in [7, 11) is -3.37. The van der Waals surface area contributed by atoms with Crippen LogP contribution in [0.1, 0.15) is 49.1 Å². The van der Waals surface area contributed by atoms with Crippen molar-refractivity contribution in [3.05, 3.63) is 23.4 Å². The predicted molar refractivity (Wildman–Crippen MR) is 107 cm³/mol. The maximum Gasteiger partial charge on any atom is 0.260 e. The number of nitrogens with zero attached hydrogens (tertiary/aromatic N) is 2. The summed E-state index contributed by atoms with van der Waals surface area (Å²) in [6, 6.07) is 1.31. The Balaban J connectivity index is 1.61. The van der Waals surface area contributed by atoms with Gasteiger partial charge in [-0.3, -0.25) is 4.79 Å². The molecule has 0 radical (unpaired) electrons. The van der Waals surface area contributed by atoms with Crippen LogP contribution in [0.4, 0.5) is 0 Å². The van der Waals surface area contributed by atoms with Gasteiger partial charge in [0.05, 0.1) is 25.0 Å². The van der Waals surface area contributed by atoms with Crippen molar-refractivity contribution in [1.29, 1.82) is 0 Å². The van der Waals surface area contributed by atoms with Gasteiger partial charge in [-0.2, -0.15) is 0 Å². The van der Waals surface area contributed by atoms with E-state index in [1.165, 1.54) is 0 Å². The number of fused-ring (bicyclic) bond motifs is 5. The Kier molecular flexibility index (Phi) is 5.81. The molecule has 29 heavy (non-hydrogen) atoms. The molecule has 1 unspecified atom stereocenters. The monoisotopic (exact) mass is 423 g/mol. The summed E-state index contributed by atoms with van der Waals surface area (Å²) in [4.78, 5) is 19.0. The fourth-order valence-corrected chi connectivity index (χ4v) is 5.73. The quantitative estimate of drug-likeness (QED) is 0.771. The zero-order chi connectivity index (χ0) is 20.6. The van der Waals surface area contributed by atoms with Crippen LogP contribution in [0.2, 0.25) is 0 Å². The number of sulfonamides is 1. The Morgan fingerprint density at radius 3 is 2.69 bits per heavy atom. The number of hydrogen-bond donors (Lipinski definition) is 1. The first-order valence-corrected chi connectivity index (χ1v) is 12.2. The van der Waals surface area contributed by atoms with Crippen LogP contribution in [-0.2, 0) is 19.6 Å². The first-order valence-electron chi connectivity index (χ1n) is 10.3. The molecule has 0 aromatic carbocycles. The van der Waals surface area contributed by atoms with Crippen molar-refractivity contribution >= 4 is 15.9 Å². The molecular weight excluding hydrogens is 394 g/mol. The Labute approximate surface area is 172 Å². The van der Waals surface area contributed by atoms with Crippen LogP contribution < -0.4 is 9.46 Å². The number of pyridine rings is 1. The normalized spacial score (nSPS) is 30.6. The second kappa shape index (κ2) is 8.20. The fraction of sp³-hybridized carbons (Fsp3) is 0.700. The van der Waals surface area contributed by atoms with Gasteiger partial charge in [0.25, 0.3) is 5.91 Å². The van der Waals surface area contributed by atoms with Crippen LogP contribution in [-0.4, -0.2) is 68.4 Å². The van der Waals surface area contributed by atoms with Gasteiger partial charge in [0.2, 0.25) is 15.9 Å². The maximum absolute atomic E-state index is 12.9. The average molecular weight is 424 g/mol. The van der Waals surface area contributed by atoms with E-state index < -0.39 is 10.0 Å². The second-order valence-electron chi connectivity index (χ2n) is 8.38. The molecule has 5 rings (SSSR count). The SMILES string of the molecule is Cc1ccnc2c1[C@H]1CC[C@H](CC1)OCC1[C@@H](NS(C)(=O)=O)CCN1C(=O)CO2. The van der Waals surface area contributed by atoms with E-state index in [0.29, 0.717) is 31.4 Å². The molecule has 1 saturated heterocycles. The molecule has 3 aliphatic heterocycles. The van der Waals surface area contributed by atoms with Crippen LogP contribution in [0.3, 0.4) is 0 Å². The van der Waals surface area contributed by atoms with E-state index in [1.54, 1.807) is 11.1 Å². The molecule has 2 atom stereocenters. The van der Waals surface area contributed by atoms with Crippen molar-refractivity contribution in [3.8, 4) is 5.88 Å². The van der Waals surface area contributed by atoms with E-state index in [4.69, 9.17) is 9.47 Å². The summed E-state index contributed by atoms with van der Waals surface area (Å²) in [5.41, 5.74) is 2.24. The zero-order valence-electron chi connectivity index (χ0n) is 17.0. The largest absolute Gasteiger partial charge is 0.467 e. The summed E-state index contributed by atoms with van der Waals surface area (Å²) in [5, 5.41) is 0. The molecule has 4 heterocycles. The van der Waals surface area contributed by atoms with Crippen LogP contribution >= 0.6 is 0 Å². The molecular formula is C20H29N3O5S. The minimum Gasteiger partial charge on any atom is -0.467 e. The molecule has 1 aliphatic carbocycles. The number of aromatic nitrogens is 1. The van der Waals surface area contributed by atoms with E-state index in [2.05, 4.69) is 16.6 Å². The highest BCUT2D eigenvalue weighted by Gasteiger charge is 2.40. The van der Waals surface area contributed by atoms with E-state index in [-0.39, 0.29) is 30.7 Å². The van der Waals surface area contributed by atoms with E-state index in [0.717, 1.165) is 43.1 Å². The average Bonchev–Trinajstić information content (AvgIpc) is 3.05. The Hall–Kier alpha value is -1.71. The third-order valence-electron chi connectivity index (χ3n) is 6.32. The lowest BCUT2D eigenvalue weighted by Gasteiger charge is -2.32. The number of rotatable bonds is 2. The minimum absolute atomic E-state index is 0.109. The van der Waals surface area contributed by atoms with Gasteiger partial charge in [0, 0.05) is 24.3 Å². The molecule has 1 N–H and O–H groups in total. The molecule has 8 nitrogen and oxygen atoms in total. The van der Waals surface area contributed by atoms with Crippen molar-refractivity contribution in [3.63, 3.8) is 0 Å². The van der Waals surface area contributed by atoms with Gasteiger partial charge in [0.15, 0.2) is 6.61 Å². The number of nitrogens with one attached hydrogen (secondary N) is 1. The number of hydrogen-bond acceptors (Lipinski definition) is 6. The highest BCUT2D eigenvalue weighted by molar-refractivity contribution is 7.88. The first-order chi connectivity index (χ1) is 13.8. The number of aryl methyl sites for hydroxylation is 1. The lowest BCUT2D eigenvalue weighted by Crippen LogP contribution is -2.50. The molecule has 9 heteroatoms. The van der Waals surface area contributed by atoms with E-state index in [9.17, 15) is 13.2 Å². The van der Waals surface area contributed by atoms with Gasteiger partial charge in [-0.05, 0) is 56.6 Å². The molecule has 1 amide bonds. The standard InChI is InChI=1S/C20H29N3O5S/c1-13-7-9-21-20-19(13)14-3-5-15(6-4-14)27-11-17-16(22-29(2,25)26)8-10-23(17)18(24)12-28-20/h7,9,14-17,22H,3-6,8,10-12H2,1-2H3/t14-,15+,16-,17?/m0/s1. The summed E-state index contributed by atoms with van der Waals surface area (Å²) in [5.74, 6) is 0.731. The van der Waals surface area contributed by atoms with E-state index >= 15 is 0 Å². The first kappa shape index (κ1) is 20.6. The molecule has 4 aliphatic rings. The summed E-state index contributed by atoms with van der Waals surface area (Å²) in [6.45, 7) is 2.76. The van der Waals surface area contributed by atoms with Crippen LogP contribution in [0.25, 0.3) is 0 Å². The number of carbonyl (C=O) groups excluding carboxylic acids is 1. The Morgan fingerprint density at radius 1 is 1.21 bits per heavy atom. The summed E-state index contributed by atoms with van der Waals surface area (Å²) < 4.78 is 38.3. The van der Waals surface area contributed by atoms with Crippen molar-refractivity contribution in [2.24, 2.45) is 0 Å². The van der Waals surface area contributed by atoms with Gasteiger partial charge in [-0.15, -0.1) is 0 Å². The lowest BCUT2D eigenvalue weighted by molar-refractivity contribution is -0.136. The zero-order valence-corrected chi connectivity index (χ0v) is 17.8. The minimum atomic E-state index is -3.37. The molecule has 1 aromatic heterocycles. The highest BCUT2D eigenvalue weighted by Crippen LogP contribution is 2.39. The maximum atomic E-state index is 12.9. The van der Waals surface area contributed by atoms with Crippen molar-refractivity contribution < 1.29 is 22.7 Å². The van der Waals surface area contributed by atoms with Gasteiger partial charge in [-0.25, -0.2) is 18.1 Å². The van der Waals surface area contributed by atoms with Crippen LogP contribution in [0.5, 0.6) is 5.88 Å². The molecule has 160 valence electrons. The highest BCUT2D eigenvalue weighted by atomic mass is 32.2. The lowest BCUT2D eigenvalue weighted by atomic mass is 9.81. The van der Waals surface area contributed by atoms with Gasteiger partial charge >= 0.3 is 0 Å². The number of amides is 1. The van der Waals surface area contributed by atoms with Crippen LogP contribution in [0, 0.1) is 6.92 Å². The molecule has 2 fully saturated rings. The predicted octanol–water partition coefficient (Wildman–Crippen LogP) is 1.34. The third-order valence-corrected chi connectivity index (χ3v) is 7.05. The number of ether oxygens (including phenoxy) is 2. The fourth-order valence-electron chi connectivity index (χ4n) is 4.90. The summed E-state index contributed by atoms with van der Waals surface area (Å²) >= 11 is 0. The smallest absolute Gasteiger partial charge is 0.260 e. The van der Waals surface area contributed by atoms with Crippen molar-refractivity contribution in [2.75, 3.05) is 26.0 Å². The molecule has 1 saturated carbocycles. The summed E-state index contributed by atoms with van der Waals surface area (Å²) in [6.07, 6.45) is 7.40. The van der Waals surface area contributed by atoms with E-state index in [1.807, 2.05) is 6.07 Å².